The second-order valence-electron chi connectivity index (χ2n) is 4.89. The van der Waals surface area contributed by atoms with Crippen LogP contribution in [-0.4, -0.2) is 24.1 Å². The number of allylic oxidation sites excluding steroid dienone is 1. The van der Waals surface area contributed by atoms with Gasteiger partial charge in [-0.25, -0.2) is 0 Å². The molecule has 14 heavy (non-hydrogen) atoms. The van der Waals surface area contributed by atoms with Crippen LogP contribution in [0.5, 0.6) is 0 Å². The van der Waals surface area contributed by atoms with Gasteiger partial charge in [0, 0.05) is 11.8 Å². The third-order valence-electron chi connectivity index (χ3n) is 2.59. The molecule has 0 aliphatic carbocycles. The van der Waals surface area contributed by atoms with Crippen molar-refractivity contribution >= 4 is 11.8 Å². The molecule has 0 aromatic carbocycles. The van der Waals surface area contributed by atoms with Crippen molar-refractivity contribution in [3.05, 3.63) is 12.2 Å². The molecular formula is C12H23NS. The van der Waals surface area contributed by atoms with Crippen LogP contribution in [0.25, 0.3) is 0 Å². The summed E-state index contributed by atoms with van der Waals surface area (Å²) >= 11 is 2.09. The summed E-state index contributed by atoms with van der Waals surface area (Å²) < 4.78 is 0. The maximum absolute atomic E-state index is 3.64. The molecule has 82 valence electrons. The molecule has 1 unspecified atom stereocenters. The van der Waals surface area contributed by atoms with E-state index in [4.69, 9.17) is 0 Å². The van der Waals surface area contributed by atoms with Crippen LogP contribution < -0.4 is 5.32 Å². The Morgan fingerprint density at radius 2 is 2.29 bits per heavy atom. The summed E-state index contributed by atoms with van der Waals surface area (Å²) in [5, 5.41) is 3.64. The Kier molecular flexibility index (Phi) is 5.04. The smallest absolute Gasteiger partial charge is 0.0163 e. The molecule has 0 spiro atoms. The van der Waals surface area contributed by atoms with Crippen LogP contribution in [-0.2, 0) is 0 Å². The number of thioether (sulfide) groups is 1. The molecule has 0 amide bonds. The lowest BCUT2D eigenvalue weighted by atomic mass is 9.88. The number of hydrogen-bond donors (Lipinski definition) is 1. The molecule has 0 bridgehead atoms. The van der Waals surface area contributed by atoms with Crippen molar-refractivity contribution in [2.75, 3.05) is 18.1 Å². The maximum Gasteiger partial charge on any atom is 0.0163 e. The molecule has 1 fully saturated rings. The van der Waals surface area contributed by atoms with Gasteiger partial charge in [0.1, 0.15) is 0 Å². The second-order valence-corrected chi connectivity index (χ2v) is 5.92. The minimum absolute atomic E-state index is 0.529. The Morgan fingerprint density at radius 3 is 2.93 bits per heavy atom. The molecule has 1 N–H and O–H groups in total. The molecule has 1 aliphatic rings. The average Bonchev–Trinajstić information content (AvgIpc) is 2.11. The van der Waals surface area contributed by atoms with Crippen molar-refractivity contribution in [3.63, 3.8) is 0 Å². The molecule has 2 heteroatoms. The van der Waals surface area contributed by atoms with E-state index in [0.29, 0.717) is 5.41 Å². The Hall–Kier alpha value is 0.0500. The third kappa shape index (κ3) is 4.52. The first-order chi connectivity index (χ1) is 6.64. The minimum atomic E-state index is 0.529. The van der Waals surface area contributed by atoms with Gasteiger partial charge in [-0.1, -0.05) is 26.0 Å². The molecule has 1 nitrogen and oxygen atoms in total. The summed E-state index contributed by atoms with van der Waals surface area (Å²) in [6, 6.07) is 0.731. The van der Waals surface area contributed by atoms with Crippen LogP contribution in [0.2, 0.25) is 0 Å². The molecule has 0 aromatic heterocycles. The predicted octanol–water partition coefficient (Wildman–Crippen LogP) is 3.07. The van der Waals surface area contributed by atoms with Gasteiger partial charge in [0.25, 0.3) is 0 Å². The summed E-state index contributed by atoms with van der Waals surface area (Å²) in [5.74, 6) is 2.61. The lowest BCUT2D eigenvalue weighted by Crippen LogP contribution is -2.40. The van der Waals surface area contributed by atoms with E-state index in [1.807, 2.05) is 0 Å². The SMILES string of the molecule is C/C=C/CCNC1CSCC(C)(C)C1. The molecular weight excluding hydrogens is 190 g/mol. The van der Waals surface area contributed by atoms with Gasteiger partial charge >= 0.3 is 0 Å². The first-order valence-corrected chi connectivity index (χ1v) is 6.72. The monoisotopic (exact) mass is 213 g/mol. The van der Waals surface area contributed by atoms with E-state index < -0.39 is 0 Å². The lowest BCUT2D eigenvalue weighted by molar-refractivity contribution is 0.319. The fourth-order valence-corrected chi connectivity index (χ4v) is 3.24. The second kappa shape index (κ2) is 5.82. The topological polar surface area (TPSA) is 12.0 Å². The van der Waals surface area contributed by atoms with Gasteiger partial charge in [-0.2, -0.15) is 11.8 Å². The highest BCUT2D eigenvalue weighted by Crippen LogP contribution is 2.33. The van der Waals surface area contributed by atoms with Crippen molar-refractivity contribution in [1.29, 1.82) is 0 Å². The van der Waals surface area contributed by atoms with Crippen molar-refractivity contribution in [2.45, 2.75) is 39.7 Å². The summed E-state index contributed by atoms with van der Waals surface area (Å²) in [7, 11) is 0. The van der Waals surface area contributed by atoms with Gasteiger partial charge < -0.3 is 5.32 Å². The maximum atomic E-state index is 3.64. The van der Waals surface area contributed by atoms with Crippen LogP contribution in [0.3, 0.4) is 0 Å². The van der Waals surface area contributed by atoms with Gasteiger partial charge in [-0.15, -0.1) is 0 Å². The Morgan fingerprint density at radius 1 is 1.50 bits per heavy atom. The van der Waals surface area contributed by atoms with Gasteiger partial charge in [-0.3, -0.25) is 0 Å². The Bertz CT molecular complexity index is 187. The van der Waals surface area contributed by atoms with Crippen LogP contribution in [0, 0.1) is 5.41 Å². The van der Waals surface area contributed by atoms with E-state index in [2.05, 4.69) is 50.0 Å². The van der Waals surface area contributed by atoms with E-state index in [1.54, 1.807) is 0 Å². The predicted molar refractivity (Wildman–Crippen MR) is 66.9 cm³/mol. The van der Waals surface area contributed by atoms with Crippen LogP contribution >= 0.6 is 11.8 Å². The number of nitrogens with one attached hydrogen (secondary N) is 1. The van der Waals surface area contributed by atoms with Crippen LogP contribution in [0.1, 0.15) is 33.6 Å². The fourth-order valence-electron chi connectivity index (χ4n) is 1.93. The number of hydrogen-bond acceptors (Lipinski definition) is 2. The summed E-state index contributed by atoms with van der Waals surface area (Å²) in [5.41, 5.74) is 0.529. The van der Waals surface area contributed by atoms with Gasteiger partial charge in [0.2, 0.25) is 0 Å². The fraction of sp³-hybridized carbons (Fsp3) is 0.833. The van der Waals surface area contributed by atoms with E-state index in [-0.39, 0.29) is 0 Å². The molecule has 0 saturated carbocycles. The molecule has 0 radical (unpaired) electrons. The third-order valence-corrected chi connectivity index (χ3v) is 4.21. The molecule has 1 aliphatic heterocycles. The Balaban J connectivity index is 2.18. The highest BCUT2D eigenvalue weighted by atomic mass is 32.2. The molecule has 1 heterocycles. The quantitative estimate of drug-likeness (QED) is 0.569. The van der Waals surface area contributed by atoms with Crippen LogP contribution in [0.4, 0.5) is 0 Å². The lowest BCUT2D eigenvalue weighted by Gasteiger charge is -2.35. The molecule has 0 aromatic rings. The summed E-state index contributed by atoms with van der Waals surface area (Å²) in [6.07, 6.45) is 6.85. The van der Waals surface area contributed by atoms with Gasteiger partial charge in [-0.05, 0) is 37.5 Å². The Labute approximate surface area is 92.7 Å². The number of rotatable bonds is 4. The average molecular weight is 213 g/mol. The van der Waals surface area contributed by atoms with E-state index >= 15 is 0 Å². The van der Waals surface area contributed by atoms with Crippen LogP contribution in [0.15, 0.2) is 12.2 Å². The van der Waals surface area contributed by atoms with Crippen molar-refractivity contribution in [2.24, 2.45) is 5.41 Å². The largest absolute Gasteiger partial charge is 0.313 e. The zero-order chi connectivity index (χ0) is 10.4. The van der Waals surface area contributed by atoms with E-state index in [9.17, 15) is 0 Å². The zero-order valence-electron chi connectivity index (χ0n) is 9.68. The molecule has 1 rings (SSSR count). The normalized spacial score (nSPS) is 26.9. The standard InChI is InChI=1S/C12H23NS/c1-4-5-6-7-13-11-8-12(2,3)10-14-9-11/h4-5,11,13H,6-10H2,1-3H3/b5-4+. The highest BCUT2D eigenvalue weighted by molar-refractivity contribution is 7.99. The van der Waals surface area contributed by atoms with Crippen molar-refractivity contribution in [1.82, 2.24) is 5.32 Å². The molecule has 1 atom stereocenters. The minimum Gasteiger partial charge on any atom is -0.313 e. The van der Waals surface area contributed by atoms with Gasteiger partial charge in [0.05, 0.1) is 0 Å². The van der Waals surface area contributed by atoms with E-state index in [1.165, 1.54) is 17.9 Å². The zero-order valence-corrected chi connectivity index (χ0v) is 10.5. The van der Waals surface area contributed by atoms with Crippen molar-refractivity contribution < 1.29 is 0 Å². The van der Waals surface area contributed by atoms with Crippen molar-refractivity contribution in [3.8, 4) is 0 Å². The summed E-state index contributed by atoms with van der Waals surface area (Å²) in [6.45, 7) is 7.96. The summed E-state index contributed by atoms with van der Waals surface area (Å²) in [4.78, 5) is 0. The highest BCUT2D eigenvalue weighted by Gasteiger charge is 2.27. The van der Waals surface area contributed by atoms with Gasteiger partial charge in [0.15, 0.2) is 0 Å². The first kappa shape index (κ1) is 12.1. The first-order valence-electron chi connectivity index (χ1n) is 5.56. The molecule has 1 saturated heterocycles. The van der Waals surface area contributed by atoms with E-state index in [0.717, 1.165) is 19.0 Å².